The molecule has 42 heavy (non-hydrogen) atoms. The Morgan fingerprint density at radius 3 is 2.60 bits per heavy atom. The zero-order valence-electron chi connectivity index (χ0n) is 23.9. The van der Waals surface area contributed by atoms with Gasteiger partial charge in [0.2, 0.25) is 17.7 Å². The molecule has 1 aromatic heterocycles. The molecule has 2 heterocycles. The van der Waals surface area contributed by atoms with Crippen LogP contribution in [0.15, 0.2) is 60.7 Å². The Bertz CT molecular complexity index is 1380. The van der Waals surface area contributed by atoms with Gasteiger partial charge in [-0.3, -0.25) is 19.3 Å². The third-order valence-corrected chi connectivity index (χ3v) is 8.20. The topological polar surface area (TPSA) is 113 Å². The summed E-state index contributed by atoms with van der Waals surface area (Å²) < 4.78 is 6.30. The number of fused-ring (bicyclic) bond motifs is 1. The zero-order valence-corrected chi connectivity index (χ0v) is 25.4. The van der Waals surface area contributed by atoms with E-state index < -0.39 is 12.1 Å². The number of nitrogens with one attached hydrogen (secondary N) is 3. The van der Waals surface area contributed by atoms with Gasteiger partial charge >= 0.3 is 0 Å². The van der Waals surface area contributed by atoms with Crippen molar-refractivity contribution in [2.75, 3.05) is 39.4 Å². The van der Waals surface area contributed by atoms with Crippen LogP contribution in [0, 0.1) is 0 Å². The van der Waals surface area contributed by atoms with Crippen LogP contribution in [0.3, 0.4) is 0 Å². The predicted octanol–water partition coefficient (Wildman–Crippen LogP) is 3.51. The third kappa shape index (κ3) is 9.62. The van der Waals surface area contributed by atoms with E-state index in [1.54, 1.807) is 6.07 Å². The van der Waals surface area contributed by atoms with Gasteiger partial charge in [-0.15, -0.1) is 11.3 Å². The van der Waals surface area contributed by atoms with Gasteiger partial charge in [0.15, 0.2) is 0 Å². The molecular formula is C31H38ClN5O4S. The molecule has 0 radical (unpaired) electrons. The highest BCUT2D eigenvalue weighted by molar-refractivity contribution is 7.18. The monoisotopic (exact) mass is 611 g/mol. The molecular weight excluding hydrogens is 574 g/mol. The van der Waals surface area contributed by atoms with Crippen LogP contribution in [-0.4, -0.2) is 79.1 Å². The lowest BCUT2D eigenvalue weighted by atomic mass is 10.0. The number of hydrogen-bond acceptors (Lipinski definition) is 7. The fraction of sp³-hybridized carbons (Fsp3) is 0.419. The van der Waals surface area contributed by atoms with E-state index in [0.29, 0.717) is 49.6 Å². The second-order valence-corrected chi connectivity index (χ2v) is 11.9. The minimum absolute atomic E-state index is 0.200. The molecule has 0 unspecified atom stereocenters. The Kier molecular flexibility index (Phi) is 11.9. The molecule has 1 fully saturated rings. The highest BCUT2D eigenvalue weighted by Gasteiger charge is 2.26. The van der Waals surface area contributed by atoms with E-state index >= 15 is 0 Å². The smallest absolute Gasteiger partial charge is 0.247 e. The third-order valence-electron chi connectivity index (χ3n) is 6.92. The second-order valence-electron chi connectivity index (χ2n) is 10.4. The van der Waals surface area contributed by atoms with Gasteiger partial charge in [0.05, 0.1) is 34.5 Å². The van der Waals surface area contributed by atoms with Crippen molar-refractivity contribution < 1.29 is 19.1 Å². The van der Waals surface area contributed by atoms with Crippen LogP contribution in [0.25, 0.3) is 10.2 Å². The lowest BCUT2D eigenvalue weighted by Crippen LogP contribution is -2.53. The fourth-order valence-electron chi connectivity index (χ4n) is 4.73. The number of rotatable bonds is 14. The normalized spacial score (nSPS) is 15.1. The van der Waals surface area contributed by atoms with Crippen molar-refractivity contribution in [3.63, 3.8) is 0 Å². The van der Waals surface area contributed by atoms with Crippen molar-refractivity contribution in [1.82, 2.24) is 25.8 Å². The quantitative estimate of drug-likeness (QED) is 0.241. The Labute approximate surface area is 255 Å². The van der Waals surface area contributed by atoms with Crippen LogP contribution in [0.1, 0.15) is 30.3 Å². The van der Waals surface area contributed by atoms with Crippen molar-refractivity contribution >= 4 is 50.9 Å². The van der Waals surface area contributed by atoms with E-state index in [1.807, 2.05) is 49.4 Å². The van der Waals surface area contributed by atoms with Crippen molar-refractivity contribution in [3.05, 3.63) is 76.3 Å². The average molecular weight is 612 g/mol. The van der Waals surface area contributed by atoms with Crippen LogP contribution < -0.4 is 16.0 Å². The lowest BCUT2D eigenvalue weighted by molar-refractivity contribution is -0.129. The predicted molar refractivity (Wildman–Crippen MR) is 167 cm³/mol. The number of ether oxygens (including phenoxy) is 1. The molecule has 4 rings (SSSR count). The number of carbonyl (C=O) groups is 3. The number of benzene rings is 2. The summed E-state index contributed by atoms with van der Waals surface area (Å²) in [5.41, 5.74) is 2.27. The molecule has 1 aliphatic rings. The van der Waals surface area contributed by atoms with Crippen molar-refractivity contribution in [2.45, 2.75) is 44.7 Å². The van der Waals surface area contributed by atoms with E-state index in [1.165, 1.54) is 11.3 Å². The minimum Gasteiger partial charge on any atom is -0.379 e. The molecule has 2 aromatic carbocycles. The number of thiazole rings is 1. The van der Waals surface area contributed by atoms with Crippen LogP contribution in [0.4, 0.5) is 0 Å². The maximum Gasteiger partial charge on any atom is 0.247 e. The lowest BCUT2D eigenvalue weighted by Gasteiger charge is -2.27. The number of amides is 3. The summed E-state index contributed by atoms with van der Waals surface area (Å²) in [7, 11) is 0. The van der Waals surface area contributed by atoms with E-state index in [-0.39, 0.29) is 30.7 Å². The fourth-order valence-corrected chi connectivity index (χ4v) is 6.02. The number of carbonyl (C=O) groups excluding carboxylic acids is 3. The summed E-state index contributed by atoms with van der Waals surface area (Å²) in [5.74, 6) is -0.789. The first-order valence-corrected chi connectivity index (χ1v) is 15.4. The summed E-state index contributed by atoms with van der Waals surface area (Å²) in [6, 6.07) is 14.0. The number of hydrogen-bond donors (Lipinski definition) is 3. The highest BCUT2D eigenvalue weighted by Crippen LogP contribution is 2.26. The molecule has 224 valence electrons. The van der Waals surface area contributed by atoms with E-state index in [0.717, 1.165) is 33.9 Å². The zero-order chi connectivity index (χ0) is 29.9. The van der Waals surface area contributed by atoms with Gasteiger partial charge < -0.3 is 20.7 Å². The van der Waals surface area contributed by atoms with Gasteiger partial charge in [-0.25, -0.2) is 4.98 Å². The molecule has 3 amide bonds. The van der Waals surface area contributed by atoms with Crippen LogP contribution >= 0.6 is 22.9 Å². The van der Waals surface area contributed by atoms with Gasteiger partial charge in [0.1, 0.15) is 6.04 Å². The Morgan fingerprint density at radius 2 is 1.86 bits per heavy atom. The van der Waals surface area contributed by atoms with Crippen LogP contribution in [-0.2, 0) is 32.0 Å². The molecule has 0 bridgehead atoms. The van der Waals surface area contributed by atoms with Gasteiger partial charge in [-0.1, -0.05) is 55.4 Å². The first-order chi connectivity index (χ1) is 20.3. The molecule has 1 saturated heterocycles. The van der Waals surface area contributed by atoms with Gasteiger partial charge in [0, 0.05) is 49.6 Å². The molecule has 11 heteroatoms. The van der Waals surface area contributed by atoms with E-state index in [4.69, 9.17) is 16.3 Å². The molecule has 0 saturated carbocycles. The second kappa shape index (κ2) is 15.8. The van der Waals surface area contributed by atoms with Crippen molar-refractivity contribution in [3.8, 4) is 0 Å². The largest absolute Gasteiger partial charge is 0.379 e. The highest BCUT2D eigenvalue weighted by atomic mass is 35.5. The first-order valence-electron chi connectivity index (χ1n) is 14.3. The first kappa shape index (κ1) is 31.6. The number of aromatic nitrogens is 1. The van der Waals surface area contributed by atoms with Gasteiger partial charge in [0.25, 0.3) is 0 Å². The molecule has 3 N–H and O–H groups in total. The van der Waals surface area contributed by atoms with Crippen LogP contribution in [0.5, 0.6) is 0 Å². The summed E-state index contributed by atoms with van der Waals surface area (Å²) in [5, 5.41) is 10.3. The summed E-state index contributed by atoms with van der Waals surface area (Å²) in [6.45, 7) is 9.35. The van der Waals surface area contributed by atoms with Crippen molar-refractivity contribution in [1.29, 1.82) is 0 Å². The number of nitrogens with zero attached hydrogens (tertiary/aromatic N) is 2. The number of morpholine rings is 1. The molecule has 1 aliphatic heterocycles. The number of halogens is 1. The minimum atomic E-state index is -0.828. The van der Waals surface area contributed by atoms with E-state index in [2.05, 4.69) is 32.4 Å². The summed E-state index contributed by atoms with van der Waals surface area (Å²) >= 11 is 7.59. The molecule has 0 aliphatic carbocycles. The molecule has 0 spiro atoms. The standard InChI is InChI=1S/C31H38ClN5O4S/c1-3-7-28(38)35-26(18-29-36-25-11-10-23(32)17-27(25)42-29)31(40)34-24(16-22-8-5-4-6-9-22)19-33-30(39)21(2)20-37-12-14-41-15-13-37/h4-6,8-11,17,24,26H,2-3,7,12-16,18-20H2,1H3,(H,33,39)(H,34,40)(H,35,38)/t24-,26-/m0/s1. The summed E-state index contributed by atoms with van der Waals surface area (Å²) in [4.78, 5) is 46.0. The maximum absolute atomic E-state index is 13.7. The van der Waals surface area contributed by atoms with Gasteiger partial charge in [-0.2, -0.15) is 0 Å². The Morgan fingerprint density at radius 1 is 1.10 bits per heavy atom. The van der Waals surface area contributed by atoms with Crippen LogP contribution in [0.2, 0.25) is 5.02 Å². The molecule has 9 nitrogen and oxygen atoms in total. The van der Waals surface area contributed by atoms with Gasteiger partial charge in [-0.05, 0) is 36.6 Å². The summed E-state index contributed by atoms with van der Waals surface area (Å²) in [6.07, 6.45) is 1.71. The maximum atomic E-state index is 13.7. The molecule has 2 atom stereocenters. The molecule has 3 aromatic rings. The van der Waals surface area contributed by atoms with Crippen molar-refractivity contribution in [2.24, 2.45) is 0 Å². The Hall–Kier alpha value is -3.31. The van der Waals surface area contributed by atoms with E-state index in [9.17, 15) is 14.4 Å². The average Bonchev–Trinajstić information content (AvgIpc) is 3.38. The Balaban J connectivity index is 1.45. The SMILES string of the molecule is C=C(CN1CCOCC1)C(=O)NC[C@H](Cc1ccccc1)NC(=O)[C@H](Cc1nc2ccc(Cl)cc2s1)NC(=O)CCC.